The summed E-state index contributed by atoms with van der Waals surface area (Å²) < 4.78 is 0. The van der Waals surface area contributed by atoms with Crippen molar-refractivity contribution in [3.05, 3.63) is 35.4 Å². The van der Waals surface area contributed by atoms with Crippen molar-refractivity contribution in [2.24, 2.45) is 17.8 Å². The van der Waals surface area contributed by atoms with E-state index in [1.54, 1.807) is 0 Å². The zero-order valence-electron chi connectivity index (χ0n) is 11.6. The zero-order valence-corrected chi connectivity index (χ0v) is 11.6. The minimum Gasteiger partial charge on any atom is -0.388 e. The standard InChI is InChI=1S/C18H24O/c19-18(17-14-9-2-3-10-15(14)17)16-11-4-1-8-13(16)12-6-5-7-12/h1,4,8,11-12,14-15,17-19H,2-3,5-7,9-10H2. The summed E-state index contributed by atoms with van der Waals surface area (Å²) in [6.07, 6.45) is 9.30. The van der Waals surface area contributed by atoms with Crippen LogP contribution in [-0.4, -0.2) is 5.11 Å². The largest absolute Gasteiger partial charge is 0.388 e. The highest BCUT2D eigenvalue weighted by molar-refractivity contribution is 5.35. The van der Waals surface area contributed by atoms with E-state index < -0.39 is 0 Å². The Balaban J connectivity index is 1.58. The molecule has 1 aromatic rings. The van der Waals surface area contributed by atoms with Crippen LogP contribution in [-0.2, 0) is 0 Å². The third-order valence-electron chi connectivity index (χ3n) is 5.95. The number of rotatable bonds is 3. The van der Waals surface area contributed by atoms with Gasteiger partial charge in [-0.2, -0.15) is 0 Å². The molecule has 0 saturated heterocycles. The number of hydrogen-bond acceptors (Lipinski definition) is 1. The van der Waals surface area contributed by atoms with Crippen LogP contribution in [0.15, 0.2) is 24.3 Å². The first-order chi connectivity index (χ1) is 9.36. The molecule has 3 saturated carbocycles. The van der Waals surface area contributed by atoms with Crippen LogP contribution in [0.25, 0.3) is 0 Å². The van der Waals surface area contributed by atoms with Crippen molar-refractivity contribution >= 4 is 0 Å². The molecule has 0 aliphatic heterocycles. The highest BCUT2D eigenvalue weighted by Gasteiger charge is 2.54. The number of aliphatic hydroxyl groups excluding tert-OH is 1. The molecule has 19 heavy (non-hydrogen) atoms. The molecule has 3 atom stereocenters. The first-order valence-electron chi connectivity index (χ1n) is 8.13. The summed E-state index contributed by atoms with van der Waals surface area (Å²) in [5.74, 6) is 2.96. The maximum Gasteiger partial charge on any atom is 0.0826 e. The summed E-state index contributed by atoms with van der Waals surface area (Å²) in [5.41, 5.74) is 2.71. The summed E-state index contributed by atoms with van der Waals surface area (Å²) in [4.78, 5) is 0. The van der Waals surface area contributed by atoms with Crippen LogP contribution in [0.2, 0.25) is 0 Å². The van der Waals surface area contributed by atoms with Crippen molar-refractivity contribution in [1.29, 1.82) is 0 Å². The van der Waals surface area contributed by atoms with Crippen LogP contribution in [0.3, 0.4) is 0 Å². The molecule has 1 N–H and O–H groups in total. The Morgan fingerprint density at radius 1 is 0.895 bits per heavy atom. The topological polar surface area (TPSA) is 20.2 Å². The molecule has 1 aromatic carbocycles. The molecule has 3 fully saturated rings. The molecule has 1 heteroatoms. The molecule has 0 amide bonds. The zero-order chi connectivity index (χ0) is 12.8. The van der Waals surface area contributed by atoms with Gasteiger partial charge in [-0.25, -0.2) is 0 Å². The lowest BCUT2D eigenvalue weighted by atomic mass is 9.77. The summed E-state index contributed by atoms with van der Waals surface area (Å²) >= 11 is 0. The fourth-order valence-corrected chi connectivity index (χ4v) is 4.59. The lowest BCUT2D eigenvalue weighted by molar-refractivity contribution is 0.140. The average Bonchev–Trinajstić information content (AvgIpc) is 3.11. The van der Waals surface area contributed by atoms with Gasteiger partial charge in [0.25, 0.3) is 0 Å². The smallest absolute Gasteiger partial charge is 0.0826 e. The van der Waals surface area contributed by atoms with Gasteiger partial charge in [-0.15, -0.1) is 0 Å². The molecule has 3 aliphatic rings. The second-order valence-corrected chi connectivity index (χ2v) is 6.89. The van der Waals surface area contributed by atoms with E-state index >= 15 is 0 Å². The SMILES string of the molecule is OC(c1ccccc1C1CCC1)C1C2CCCCC21. The Labute approximate surface area is 116 Å². The van der Waals surface area contributed by atoms with E-state index in [2.05, 4.69) is 24.3 Å². The molecule has 0 heterocycles. The second-order valence-electron chi connectivity index (χ2n) is 6.89. The molecule has 0 bridgehead atoms. The second kappa shape index (κ2) is 4.63. The maximum atomic E-state index is 10.8. The van der Waals surface area contributed by atoms with Gasteiger partial charge >= 0.3 is 0 Å². The molecule has 0 radical (unpaired) electrons. The highest BCUT2D eigenvalue weighted by Crippen LogP contribution is 2.61. The lowest BCUT2D eigenvalue weighted by Crippen LogP contribution is -2.14. The van der Waals surface area contributed by atoms with Crippen molar-refractivity contribution in [3.8, 4) is 0 Å². The van der Waals surface area contributed by atoms with Gasteiger partial charge in [0.2, 0.25) is 0 Å². The highest BCUT2D eigenvalue weighted by atomic mass is 16.3. The Morgan fingerprint density at radius 2 is 1.58 bits per heavy atom. The third-order valence-corrected chi connectivity index (χ3v) is 5.95. The molecule has 0 aromatic heterocycles. The summed E-state index contributed by atoms with van der Waals surface area (Å²) in [6, 6.07) is 8.69. The molecule has 3 aliphatic carbocycles. The van der Waals surface area contributed by atoms with Crippen LogP contribution in [0.1, 0.15) is 68.1 Å². The first-order valence-corrected chi connectivity index (χ1v) is 8.13. The van der Waals surface area contributed by atoms with Crippen LogP contribution in [0, 0.1) is 17.8 Å². The monoisotopic (exact) mass is 256 g/mol. The van der Waals surface area contributed by atoms with Gasteiger partial charge < -0.3 is 5.11 Å². The Bertz CT molecular complexity index is 451. The quantitative estimate of drug-likeness (QED) is 0.848. The van der Waals surface area contributed by atoms with E-state index in [1.807, 2.05) is 0 Å². The van der Waals surface area contributed by atoms with Gasteiger partial charge in [0.05, 0.1) is 6.10 Å². The van der Waals surface area contributed by atoms with Crippen molar-refractivity contribution in [3.63, 3.8) is 0 Å². The van der Waals surface area contributed by atoms with Gasteiger partial charge in [0.1, 0.15) is 0 Å². The molecule has 102 valence electrons. The number of hydrogen-bond donors (Lipinski definition) is 1. The van der Waals surface area contributed by atoms with Gasteiger partial charge in [-0.3, -0.25) is 0 Å². The van der Waals surface area contributed by atoms with Crippen molar-refractivity contribution in [2.75, 3.05) is 0 Å². The molecule has 0 spiro atoms. The number of fused-ring (bicyclic) bond motifs is 1. The van der Waals surface area contributed by atoms with Gasteiger partial charge in [0.15, 0.2) is 0 Å². The van der Waals surface area contributed by atoms with Crippen molar-refractivity contribution in [1.82, 2.24) is 0 Å². The lowest BCUT2D eigenvalue weighted by Gasteiger charge is -2.29. The van der Waals surface area contributed by atoms with Crippen molar-refractivity contribution in [2.45, 2.75) is 57.0 Å². The molecular weight excluding hydrogens is 232 g/mol. The predicted octanol–water partition coefficient (Wildman–Crippen LogP) is 4.42. The first kappa shape index (κ1) is 12.0. The molecular formula is C18H24O. The fourth-order valence-electron chi connectivity index (χ4n) is 4.59. The third kappa shape index (κ3) is 1.94. The molecule has 1 nitrogen and oxygen atoms in total. The van der Waals surface area contributed by atoms with E-state index in [0.717, 1.165) is 17.8 Å². The minimum atomic E-state index is -0.190. The Kier molecular flexibility index (Phi) is 2.91. The average molecular weight is 256 g/mol. The van der Waals surface area contributed by atoms with Crippen molar-refractivity contribution < 1.29 is 5.11 Å². The minimum absolute atomic E-state index is 0.190. The summed E-state index contributed by atoms with van der Waals surface area (Å²) in [6.45, 7) is 0. The van der Waals surface area contributed by atoms with E-state index in [4.69, 9.17) is 0 Å². The fraction of sp³-hybridized carbons (Fsp3) is 0.667. The number of benzene rings is 1. The van der Waals surface area contributed by atoms with E-state index in [9.17, 15) is 5.11 Å². The van der Waals surface area contributed by atoms with Gasteiger partial charge in [-0.1, -0.05) is 43.5 Å². The van der Waals surface area contributed by atoms with E-state index in [0.29, 0.717) is 5.92 Å². The van der Waals surface area contributed by atoms with Crippen LogP contribution >= 0.6 is 0 Å². The normalized spacial score (nSPS) is 35.3. The van der Waals surface area contributed by atoms with Gasteiger partial charge in [0, 0.05) is 0 Å². The number of aliphatic hydroxyl groups is 1. The Morgan fingerprint density at radius 3 is 2.21 bits per heavy atom. The Hall–Kier alpha value is -0.820. The molecule has 3 unspecified atom stereocenters. The van der Waals surface area contributed by atoms with E-state index in [-0.39, 0.29) is 6.10 Å². The van der Waals surface area contributed by atoms with E-state index in [1.165, 1.54) is 56.1 Å². The summed E-state index contributed by atoms with van der Waals surface area (Å²) in [5, 5.41) is 10.8. The summed E-state index contributed by atoms with van der Waals surface area (Å²) in [7, 11) is 0. The predicted molar refractivity (Wildman–Crippen MR) is 76.9 cm³/mol. The van der Waals surface area contributed by atoms with Crippen LogP contribution in [0.5, 0.6) is 0 Å². The van der Waals surface area contributed by atoms with Crippen LogP contribution in [0.4, 0.5) is 0 Å². The molecule has 4 rings (SSSR count). The van der Waals surface area contributed by atoms with Gasteiger partial charge in [-0.05, 0) is 60.5 Å². The maximum absolute atomic E-state index is 10.8. The van der Waals surface area contributed by atoms with Crippen LogP contribution < -0.4 is 0 Å².